The largest absolute Gasteiger partial charge is 0.507 e. The van der Waals surface area contributed by atoms with Crippen LogP contribution in [-0.4, -0.2) is 39.8 Å². The predicted molar refractivity (Wildman–Crippen MR) is 160 cm³/mol. The Balaban J connectivity index is 1.65. The quantitative estimate of drug-likeness (QED) is 0.148. The second kappa shape index (κ2) is 13.2. The minimum absolute atomic E-state index is 0.0290. The number of imide groups is 1. The zero-order valence-electron chi connectivity index (χ0n) is 25.9. The van der Waals surface area contributed by atoms with E-state index in [0.717, 1.165) is 11.1 Å². The average Bonchev–Trinajstić information content (AvgIpc) is 3.24. The first kappa shape index (κ1) is 35.2. The number of halogens is 6. The van der Waals surface area contributed by atoms with Crippen molar-refractivity contribution < 1.29 is 51.3 Å². The van der Waals surface area contributed by atoms with E-state index in [1.807, 2.05) is 25.1 Å². The number of aliphatic hydroxyl groups excluding tert-OH is 2. The normalized spacial score (nSPS) is 21.7. The van der Waals surface area contributed by atoms with Crippen molar-refractivity contribution in [2.24, 2.45) is 17.8 Å². The number of alkyl halides is 6. The fraction of sp³-hybridized carbons (Fsp3) is 0.471. The van der Waals surface area contributed by atoms with Gasteiger partial charge in [0.15, 0.2) is 0 Å². The zero-order valence-corrected chi connectivity index (χ0v) is 25.9. The van der Waals surface area contributed by atoms with Crippen molar-refractivity contribution in [3.8, 4) is 5.75 Å². The number of fused-ring (bicyclic) bond motifs is 1. The molecular weight excluding hydrogens is 616 g/mol. The molecule has 1 saturated heterocycles. The van der Waals surface area contributed by atoms with Crippen LogP contribution in [0.3, 0.4) is 0 Å². The third-order valence-corrected chi connectivity index (χ3v) is 9.07. The smallest absolute Gasteiger partial charge is 0.416 e. The molecule has 250 valence electrons. The van der Waals surface area contributed by atoms with Gasteiger partial charge in [0.1, 0.15) is 5.75 Å². The number of aliphatic hydroxyl groups is 2. The van der Waals surface area contributed by atoms with Crippen LogP contribution < -0.4 is 4.90 Å². The van der Waals surface area contributed by atoms with Crippen molar-refractivity contribution in [1.29, 1.82) is 0 Å². The van der Waals surface area contributed by atoms with Crippen LogP contribution in [0.4, 0.5) is 32.0 Å². The van der Waals surface area contributed by atoms with E-state index < -0.39 is 71.4 Å². The van der Waals surface area contributed by atoms with Crippen molar-refractivity contribution in [2.45, 2.75) is 78.3 Å². The number of hydrogen-bond acceptors (Lipinski definition) is 5. The third kappa shape index (κ3) is 6.88. The molecule has 4 rings (SSSR count). The molecule has 6 nitrogen and oxygen atoms in total. The van der Waals surface area contributed by atoms with E-state index in [9.17, 15) is 51.3 Å². The van der Waals surface area contributed by atoms with Crippen molar-refractivity contribution >= 4 is 23.6 Å². The lowest BCUT2D eigenvalue weighted by Gasteiger charge is -2.36. The van der Waals surface area contributed by atoms with Crippen LogP contribution in [0, 0.1) is 31.6 Å². The number of carbonyl (C=O) groups excluding carboxylic acids is 2. The van der Waals surface area contributed by atoms with Gasteiger partial charge in [-0.25, -0.2) is 4.90 Å². The third-order valence-electron chi connectivity index (χ3n) is 9.07. The lowest BCUT2D eigenvalue weighted by molar-refractivity contribution is -0.143. The van der Waals surface area contributed by atoms with Gasteiger partial charge in [-0.3, -0.25) is 9.59 Å². The summed E-state index contributed by atoms with van der Waals surface area (Å²) in [6, 6.07) is 4.29. The van der Waals surface area contributed by atoms with Crippen molar-refractivity contribution in [1.82, 2.24) is 0 Å². The molecule has 1 fully saturated rings. The Kier molecular flexibility index (Phi) is 10.1. The topological polar surface area (TPSA) is 98.1 Å². The summed E-state index contributed by atoms with van der Waals surface area (Å²) in [6.45, 7) is 6.63. The summed E-state index contributed by atoms with van der Waals surface area (Å²) >= 11 is 0. The fourth-order valence-corrected chi connectivity index (χ4v) is 6.76. The number of allylic oxidation sites excluding steroid dienone is 2. The van der Waals surface area contributed by atoms with E-state index in [4.69, 9.17) is 0 Å². The molecule has 2 aromatic rings. The molecule has 0 unspecified atom stereocenters. The molecular formula is C34H37F6NO5. The molecule has 4 atom stereocenters. The number of aromatic hydroxyl groups is 1. The number of nitrogens with zero attached hydrogens (tertiary/aromatic N) is 1. The molecule has 2 amide bonds. The molecule has 12 heteroatoms. The summed E-state index contributed by atoms with van der Waals surface area (Å²) in [6.07, 6.45) is -7.92. The van der Waals surface area contributed by atoms with Crippen LogP contribution in [0.15, 0.2) is 47.1 Å². The molecule has 0 saturated carbocycles. The summed E-state index contributed by atoms with van der Waals surface area (Å²) in [7, 11) is 0. The Hall–Kier alpha value is -3.64. The second-order valence-electron chi connectivity index (χ2n) is 12.0. The van der Waals surface area contributed by atoms with Crippen LogP contribution in [-0.2, 0) is 21.9 Å². The molecule has 1 aliphatic carbocycles. The highest BCUT2D eigenvalue weighted by Gasteiger charge is 2.55. The number of phenolic OH excluding ortho intramolecular Hbond substituents is 1. The van der Waals surface area contributed by atoms with Crippen LogP contribution >= 0.6 is 0 Å². The highest BCUT2D eigenvalue weighted by atomic mass is 19.4. The molecule has 2 aromatic carbocycles. The maximum Gasteiger partial charge on any atom is 0.416 e. The first-order valence-electron chi connectivity index (χ1n) is 15.1. The summed E-state index contributed by atoms with van der Waals surface area (Å²) in [5.74, 6) is -5.21. The standard InChI is InChI=1S/C34H37F6NO5/c1-5-19(11-20-9-17(3)30(44)18(4)10-20)7-8-27(43)28-21(6-2)12-25-29(26(28)16-42)32(46)41(31(25)45)24-14-22(33(35,36)37)13-23(15-24)34(38,39)40/h9-11,13-15,25-27,29,42-44H,5-8,12,16H2,1-4H3/b19-11+/t25-,26+,27-,29-/m1/s1. The van der Waals surface area contributed by atoms with Crippen LogP contribution in [0.2, 0.25) is 0 Å². The minimum atomic E-state index is -5.18. The van der Waals surface area contributed by atoms with Gasteiger partial charge < -0.3 is 15.3 Å². The Bertz CT molecular complexity index is 1520. The Morgan fingerprint density at radius 1 is 0.957 bits per heavy atom. The SMILES string of the molecule is CCC1=C([C@H](O)CC/C(=C/c2cc(C)c(O)c(C)c2)CC)[C@H](CO)[C@@H]2C(=O)N(c3cc(C(F)(F)F)cc(C(F)(F)F)c3)C(=O)[C@@H]2C1. The molecule has 0 bridgehead atoms. The van der Waals surface area contributed by atoms with E-state index in [0.29, 0.717) is 58.6 Å². The molecule has 0 spiro atoms. The molecule has 3 N–H and O–H groups in total. The average molecular weight is 654 g/mol. The minimum Gasteiger partial charge on any atom is -0.507 e. The maximum atomic E-state index is 13.7. The number of phenols is 1. The second-order valence-corrected chi connectivity index (χ2v) is 12.0. The maximum absolute atomic E-state index is 13.7. The van der Waals surface area contributed by atoms with Gasteiger partial charge in [0.25, 0.3) is 0 Å². The zero-order chi connectivity index (χ0) is 34.3. The van der Waals surface area contributed by atoms with Crippen molar-refractivity contribution in [2.75, 3.05) is 11.5 Å². The summed E-state index contributed by atoms with van der Waals surface area (Å²) in [4.78, 5) is 27.6. The van der Waals surface area contributed by atoms with Crippen LogP contribution in [0.5, 0.6) is 5.75 Å². The number of hydrogen-bond donors (Lipinski definition) is 3. The van der Waals surface area contributed by atoms with Gasteiger partial charge in [0.05, 0.1) is 41.4 Å². The number of aryl methyl sites for hydroxylation is 2. The van der Waals surface area contributed by atoms with E-state index in [-0.39, 0.29) is 24.7 Å². The summed E-state index contributed by atoms with van der Waals surface area (Å²) < 4.78 is 81.3. The molecule has 46 heavy (non-hydrogen) atoms. The van der Waals surface area contributed by atoms with E-state index in [1.54, 1.807) is 20.8 Å². The van der Waals surface area contributed by atoms with E-state index in [2.05, 4.69) is 0 Å². The lowest BCUT2D eigenvalue weighted by Crippen LogP contribution is -2.39. The Labute approximate surface area is 263 Å². The van der Waals surface area contributed by atoms with Gasteiger partial charge in [0, 0.05) is 5.92 Å². The molecule has 1 aliphatic heterocycles. The highest BCUT2D eigenvalue weighted by Crippen LogP contribution is 2.49. The fourth-order valence-electron chi connectivity index (χ4n) is 6.76. The Morgan fingerprint density at radius 3 is 2.00 bits per heavy atom. The molecule has 0 radical (unpaired) electrons. The summed E-state index contributed by atoms with van der Waals surface area (Å²) in [5.41, 5.74) is 0.113. The molecule has 0 aromatic heterocycles. The molecule has 2 aliphatic rings. The first-order chi connectivity index (χ1) is 21.4. The van der Waals surface area contributed by atoms with Gasteiger partial charge in [-0.15, -0.1) is 0 Å². The predicted octanol–water partition coefficient (Wildman–Crippen LogP) is 7.51. The molecule has 1 heterocycles. The monoisotopic (exact) mass is 653 g/mol. The van der Waals surface area contributed by atoms with E-state index in [1.165, 1.54) is 0 Å². The van der Waals surface area contributed by atoms with Crippen molar-refractivity contribution in [3.63, 3.8) is 0 Å². The van der Waals surface area contributed by atoms with Crippen LogP contribution in [0.1, 0.15) is 73.8 Å². The van der Waals surface area contributed by atoms with Gasteiger partial charge >= 0.3 is 12.4 Å². The Morgan fingerprint density at radius 2 is 1.52 bits per heavy atom. The van der Waals surface area contributed by atoms with Crippen molar-refractivity contribution in [3.05, 3.63) is 74.9 Å². The number of amides is 2. The lowest BCUT2D eigenvalue weighted by atomic mass is 9.67. The number of benzene rings is 2. The number of rotatable bonds is 9. The van der Waals surface area contributed by atoms with Gasteiger partial charge in [0.2, 0.25) is 11.8 Å². The van der Waals surface area contributed by atoms with Gasteiger partial charge in [-0.05, 0) is 98.5 Å². The number of carbonyl (C=O) groups is 2. The van der Waals surface area contributed by atoms with E-state index >= 15 is 0 Å². The number of anilines is 1. The highest BCUT2D eigenvalue weighted by molar-refractivity contribution is 6.22. The van der Waals surface area contributed by atoms with Gasteiger partial charge in [-0.1, -0.05) is 31.1 Å². The first-order valence-corrected chi connectivity index (χ1v) is 15.1. The summed E-state index contributed by atoms with van der Waals surface area (Å²) in [5, 5.41) is 32.0. The van der Waals surface area contributed by atoms with Gasteiger partial charge in [-0.2, -0.15) is 26.3 Å². The van der Waals surface area contributed by atoms with Crippen LogP contribution in [0.25, 0.3) is 6.08 Å².